The van der Waals surface area contributed by atoms with Gasteiger partial charge < -0.3 is 10.3 Å². The summed E-state index contributed by atoms with van der Waals surface area (Å²) in [4.78, 5) is 2.23. The Morgan fingerprint density at radius 3 is 2.55 bits per heavy atom. The van der Waals surface area contributed by atoms with E-state index in [0.29, 0.717) is 0 Å². The third-order valence-corrected chi connectivity index (χ3v) is 3.57. The maximum Gasteiger partial charge on any atom is 0.133 e. The summed E-state index contributed by atoms with van der Waals surface area (Å²) in [5.74, 6) is 0.835. The van der Waals surface area contributed by atoms with Gasteiger partial charge in [0, 0.05) is 24.7 Å². The number of hydrogen-bond acceptors (Lipinski definition) is 4. The normalized spacial score (nSPS) is 14.5. The predicted octanol–water partition coefficient (Wildman–Crippen LogP) is 2.81. The van der Waals surface area contributed by atoms with Crippen LogP contribution in [0.1, 0.15) is 35.5 Å². The second-order valence-corrected chi connectivity index (χ2v) is 5.50. The molecule has 0 bridgehead atoms. The van der Waals surface area contributed by atoms with Gasteiger partial charge >= 0.3 is 0 Å². The Kier molecular flexibility index (Phi) is 4.57. The number of rotatable bonds is 5. The summed E-state index contributed by atoms with van der Waals surface area (Å²) >= 11 is 0. The van der Waals surface area contributed by atoms with E-state index in [0.717, 1.165) is 18.0 Å². The third-order valence-electron chi connectivity index (χ3n) is 3.57. The third kappa shape index (κ3) is 3.26. The van der Waals surface area contributed by atoms with Gasteiger partial charge in [0.05, 0.1) is 5.69 Å². The number of aryl methyl sites for hydroxylation is 2. The molecule has 1 aromatic heterocycles. The Morgan fingerprint density at radius 2 is 2.00 bits per heavy atom. The van der Waals surface area contributed by atoms with E-state index in [-0.39, 0.29) is 12.1 Å². The fraction of sp³-hybridized carbons (Fsp3) is 0.438. The smallest absolute Gasteiger partial charge is 0.133 e. The minimum atomic E-state index is 0.0362. The number of likely N-dealkylation sites (N-methyl/N-ethyl adjacent to an activating group) is 1. The minimum absolute atomic E-state index is 0.0362. The summed E-state index contributed by atoms with van der Waals surface area (Å²) < 4.78 is 5.13. The molecule has 0 aliphatic rings. The number of aromatic nitrogens is 1. The van der Waals surface area contributed by atoms with Crippen LogP contribution in [0.3, 0.4) is 0 Å². The largest absolute Gasteiger partial charge is 0.361 e. The standard InChI is InChI=1S/C16H23N3O/c1-11-7-5-6-8-15(11)16(13(3)17)19(4)10-14-9-12(2)20-18-14/h5-9,13,16H,10,17H2,1-4H3. The first kappa shape index (κ1) is 14.8. The molecular weight excluding hydrogens is 250 g/mol. The Labute approximate surface area is 120 Å². The van der Waals surface area contributed by atoms with E-state index < -0.39 is 0 Å². The van der Waals surface area contributed by atoms with Gasteiger partial charge in [-0.15, -0.1) is 0 Å². The van der Waals surface area contributed by atoms with Crippen molar-refractivity contribution < 1.29 is 4.52 Å². The second-order valence-electron chi connectivity index (χ2n) is 5.50. The first-order valence-corrected chi connectivity index (χ1v) is 6.92. The van der Waals surface area contributed by atoms with Crippen LogP contribution in [0, 0.1) is 13.8 Å². The van der Waals surface area contributed by atoms with Crippen LogP contribution in [0.25, 0.3) is 0 Å². The number of benzene rings is 1. The van der Waals surface area contributed by atoms with Gasteiger partial charge in [-0.1, -0.05) is 29.4 Å². The van der Waals surface area contributed by atoms with Gasteiger partial charge in [-0.3, -0.25) is 4.90 Å². The van der Waals surface area contributed by atoms with E-state index in [4.69, 9.17) is 10.3 Å². The van der Waals surface area contributed by atoms with Crippen LogP contribution in [-0.4, -0.2) is 23.1 Å². The van der Waals surface area contributed by atoms with E-state index >= 15 is 0 Å². The summed E-state index contributed by atoms with van der Waals surface area (Å²) in [5, 5.41) is 4.06. The van der Waals surface area contributed by atoms with E-state index in [9.17, 15) is 0 Å². The predicted molar refractivity (Wildman–Crippen MR) is 80.3 cm³/mol. The highest BCUT2D eigenvalue weighted by Gasteiger charge is 2.23. The van der Waals surface area contributed by atoms with Crippen LogP contribution in [0.5, 0.6) is 0 Å². The Balaban J connectivity index is 2.22. The quantitative estimate of drug-likeness (QED) is 0.910. The Bertz CT molecular complexity index is 562. The van der Waals surface area contributed by atoms with Crippen LogP contribution in [0.4, 0.5) is 0 Å². The molecule has 1 aromatic carbocycles. The summed E-state index contributed by atoms with van der Waals surface area (Å²) in [6.07, 6.45) is 0. The van der Waals surface area contributed by atoms with Gasteiger partial charge in [0.15, 0.2) is 0 Å². The molecule has 0 saturated heterocycles. The summed E-state index contributed by atoms with van der Waals surface area (Å²) in [7, 11) is 2.07. The molecule has 0 saturated carbocycles. The molecule has 0 fully saturated rings. The molecule has 2 atom stereocenters. The van der Waals surface area contributed by atoms with Crippen molar-refractivity contribution in [1.29, 1.82) is 0 Å². The highest BCUT2D eigenvalue weighted by molar-refractivity contribution is 5.30. The highest BCUT2D eigenvalue weighted by Crippen LogP contribution is 2.26. The highest BCUT2D eigenvalue weighted by atomic mass is 16.5. The molecule has 2 N–H and O–H groups in total. The van der Waals surface area contributed by atoms with Gasteiger partial charge in [0.25, 0.3) is 0 Å². The lowest BCUT2D eigenvalue weighted by Gasteiger charge is -2.32. The molecule has 0 radical (unpaired) electrons. The van der Waals surface area contributed by atoms with Gasteiger partial charge in [0.1, 0.15) is 5.76 Å². The summed E-state index contributed by atoms with van der Waals surface area (Å²) in [6.45, 7) is 6.79. The molecule has 0 aliphatic carbocycles. The van der Waals surface area contributed by atoms with Crippen molar-refractivity contribution >= 4 is 0 Å². The lowest BCUT2D eigenvalue weighted by Crippen LogP contribution is -2.37. The Morgan fingerprint density at radius 1 is 1.30 bits per heavy atom. The fourth-order valence-electron chi connectivity index (χ4n) is 2.69. The molecule has 2 aromatic rings. The maximum absolute atomic E-state index is 6.21. The fourth-order valence-corrected chi connectivity index (χ4v) is 2.69. The first-order chi connectivity index (χ1) is 9.49. The van der Waals surface area contributed by atoms with Gasteiger partial charge in [-0.25, -0.2) is 0 Å². The molecule has 0 amide bonds. The number of hydrogen-bond donors (Lipinski definition) is 1. The van der Waals surface area contributed by atoms with E-state index in [1.807, 2.05) is 19.9 Å². The first-order valence-electron chi connectivity index (χ1n) is 6.92. The minimum Gasteiger partial charge on any atom is -0.361 e. The van der Waals surface area contributed by atoms with Gasteiger partial charge in [-0.05, 0) is 38.9 Å². The molecular formula is C16H23N3O. The van der Waals surface area contributed by atoms with Gasteiger partial charge in [0.2, 0.25) is 0 Å². The van der Waals surface area contributed by atoms with Crippen molar-refractivity contribution in [3.63, 3.8) is 0 Å². The Hall–Kier alpha value is -1.65. The second kappa shape index (κ2) is 6.20. The van der Waals surface area contributed by atoms with Crippen LogP contribution in [0.2, 0.25) is 0 Å². The van der Waals surface area contributed by atoms with Crippen molar-refractivity contribution in [3.05, 3.63) is 52.9 Å². The van der Waals surface area contributed by atoms with E-state index in [2.05, 4.69) is 48.3 Å². The van der Waals surface area contributed by atoms with Crippen LogP contribution < -0.4 is 5.73 Å². The zero-order valence-corrected chi connectivity index (χ0v) is 12.6. The van der Waals surface area contributed by atoms with Crippen molar-refractivity contribution in [3.8, 4) is 0 Å². The molecule has 4 nitrogen and oxygen atoms in total. The number of nitrogens with zero attached hydrogens (tertiary/aromatic N) is 2. The van der Waals surface area contributed by atoms with Crippen molar-refractivity contribution in [2.24, 2.45) is 5.73 Å². The zero-order valence-electron chi connectivity index (χ0n) is 12.6. The monoisotopic (exact) mass is 273 g/mol. The van der Waals surface area contributed by atoms with E-state index in [1.165, 1.54) is 11.1 Å². The zero-order chi connectivity index (χ0) is 14.7. The molecule has 4 heteroatoms. The van der Waals surface area contributed by atoms with Crippen LogP contribution in [-0.2, 0) is 6.54 Å². The molecule has 0 spiro atoms. The topological polar surface area (TPSA) is 55.3 Å². The van der Waals surface area contributed by atoms with Crippen molar-refractivity contribution in [2.75, 3.05) is 7.05 Å². The van der Waals surface area contributed by atoms with Crippen LogP contribution in [0.15, 0.2) is 34.9 Å². The summed E-state index contributed by atoms with van der Waals surface area (Å²) in [5.41, 5.74) is 9.68. The van der Waals surface area contributed by atoms with Gasteiger partial charge in [-0.2, -0.15) is 0 Å². The van der Waals surface area contributed by atoms with E-state index in [1.54, 1.807) is 0 Å². The molecule has 1 heterocycles. The molecule has 20 heavy (non-hydrogen) atoms. The average molecular weight is 273 g/mol. The number of nitrogens with two attached hydrogens (primary N) is 1. The lowest BCUT2D eigenvalue weighted by atomic mass is 9.95. The maximum atomic E-state index is 6.21. The molecule has 0 aliphatic heterocycles. The van der Waals surface area contributed by atoms with Crippen molar-refractivity contribution in [2.45, 2.75) is 39.4 Å². The molecule has 2 unspecified atom stereocenters. The molecule has 108 valence electrons. The lowest BCUT2D eigenvalue weighted by molar-refractivity contribution is 0.204. The average Bonchev–Trinajstić information content (AvgIpc) is 2.77. The van der Waals surface area contributed by atoms with Crippen LogP contribution >= 0.6 is 0 Å². The SMILES string of the molecule is Cc1cc(CN(C)C(c2ccccc2C)C(C)N)no1. The summed E-state index contributed by atoms with van der Waals surface area (Å²) in [6, 6.07) is 10.5. The van der Waals surface area contributed by atoms with Crippen molar-refractivity contribution in [1.82, 2.24) is 10.1 Å². The molecule has 2 rings (SSSR count).